The highest BCUT2D eigenvalue weighted by atomic mass is 32.2. The second-order valence-corrected chi connectivity index (χ2v) is 4.77. The van der Waals surface area contributed by atoms with Crippen LogP contribution < -0.4 is 0 Å². The molecule has 1 saturated heterocycles. The molecule has 1 heterocycles. The maximum atomic E-state index is 11.4. The fourth-order valence-corrected chi connectivity index (χ4v) is 2.13. The molecule has 1 aliphatic heterocycles. The van der Waals surface area contributed by atoms with Gasteiger partial charge in [-0.15, -0.1) is 0 Å². The Hall–Kier alpha value is -1.82. The summed E-state index contributed by atoms with van der Waals surface area (Å²) in [6, 6.07) is 9.18. The van der Waals surface area contributed by atoms with Crippen molar-refractivity contribution in [2.24, 2.45) is 0 Å². The average molecular weight is 266 g/mol. The van der Waals surface area contributed by atoms with Gasteiger partial charge in [0.2, 0.25) is 0 Å². The maximum Gasteiger partial charge on any atom is 0.368 e. The zero-order valence-electron chi connectivity index (χ0n) is 9.33. The molecule has 1 aliphatic rings. The molecule has 1 aromatic carbocycles. The molecule has 0 aromatic heterocycles. The number of thioether (sulfide) groups is 1. The largest absolute Gasteiger partial charge is 0.453 e. The van der Waals surface area contributed by atoms with E-state index in [9.17, 15) is 14.4 Å². The van der Waals surface area contributed by atoms with E-state index in [1.54, 1.807) is 0 Å². The van der Waals surface area contributed by atoms with Crippen LogP contribution in [0.15, 0.2) is 30.3 Å². The minimum atomic E-state index is -0.777. The van der Waals surface area contributed by atoms with Gasteiger partial charge in [0, 0.05) is 0 Å². The number of cyclic esters (lactones) is 2. The number of ether oxygens (including phenoxy) is 2. The molecule has 0 amide bonds. The molecule has 1 unspecified atom stereocenters. The molecule has 6 heteroatoms. The third kappa shape index (κ3) is 3.33. The number of carbonyl (C=O) groups is 3. The minimum absolute atomic E-state index is 0.0794. The molecule has 94 valence electrons. The van der Waals surface area contributed by atoms with Crippen LogP contribution >= 0.6 is 11.8 Å². The monoisotopic (exact) mass is 266 g/mol. The van der Waals surface area contributed by atoms with Crippen LogP contribution in [0.3, 0.4) is 0 Å². The first-order valence-electron chi connectivity index (χ1n) is 5.27. The van der Waals surface area contributed by atoms with Crippen molar-refractivity contribution in [1.29, 1.82) is 0 Å². The van der Waals surface area contributed by atoms with E-state index in [1.807, 2.05) is 30.3 Å². The highest BCUT2D eigenvalue weighted by Crippen LogP contribution is 2.24. The summed E-state index contributed by atoms with van der Waals surface area (Å²) in [4.78, 5) is 33.4. The molecule has 1 fully saturated rings. The Kier molecular flexibility index (Phi) is 3.99. The number of carbonyl (C=O) groups excluding carboxylic acids is 3. The lowest BCUT2D eigenvalue weighted by molar-refractivity contribution is -0.151. The number of hydrogen-bond acceptors (Lipinski definition) is 6. The SMILES string of the molecule is O=C1CC(SC(=O)OCc2ccccc2)C(=O)O1. The predicted octanol–water partition coefficient (Wildman–Crippen LogP) is 1.90. The molecular weight excluding hydrogens is 256 g/mol. The molecule has 0 radical (unpaired) electrons. The molecule has 1 atom stereocenters. The van der Waals surface area contributed by atoms with E-state index in [0.717, 1.165) is 5.56 Å². The van der Waals surface area contributed by atoms with Crippen LogP contribution in [0.25, 0.3) is 0 Å². The Morgan fingerprint density at radius 2 is 2.06 bits per heavy atom. The van der Waals surface area contributed by atoms with Crippen molar-refractivity contribution >= 4 is 29.0 Å². The molecule has 5 nitrogen and oxygen atoms in total. The molecule has 18 heavy (non-hydrogen) atoms. The summed E-state index contributed by atoms with van der Waals surface area (Å²) in [5.41, 5.74) is 0.858. The molecule has 1 aromatic rings. The predicted molar refractivity (Wildman–Crippen MR) is 63.7 cm³/mol. The van der Waals surface area contributed by atoms with Crippen LogP contribution in [0.4, 0.5) is 4.79 Å². The van der Waals surface area contributed by atoms with Crippen molar-refractivity contribution in [3.63, 3.8) is 0 Å². The van der Waals surface area contributed by atoms with Gasteiger partial charge in [-0.3, -0.25) is 9.59 Å². The lowest BCUT2D eigenvalue weighted by atomic mass is 10.2. The van der Waals surface area contributed by atoms with Gasteiger partial charge in [-0.05, 0) is 17.3 Å². The first-order valence-corrected chi connectivity index (χ1v) is 6.15. The van der Waals surface area contributed by atoms with Gasteiger partial charge < -0.3 is 9.47 Å². The van der Waals surface area contributed by atoms with Gasteiger partial charge in [-0.2, -0.15) is 0 Å². The molecule has 0 spiro atoms. The summed E-state index contributed by atoms with van der Waals surface area (Å²) in [5.74, 6) is -1.28. The second-order valence-electron chi connectivity index (χ2n) is 3.63. The third-order valence-electron chi connectivity index (χ3n) is 2.27. The van der Waals surface area contributed by atoms with Crippen molar-refractivity contribution in [2.75, 3.05) is 0 Å². The van der Waals surface area contributed by atoms with Gasteiger partial charge in [0.05, 0.1) is 6.42 Å². The maximum absolute atomic E-state index is 11.4. The fourth-order valence-electron chi connectivity index (χ4n) is 1.41. The first kappa shape index (κ1) is 12.6. The van der Waals surface area contributed by atoms with E-state index >= 15 is 0 Å². The van der Waals surface area contributed by atoms with Crippen molar-refractivity contribution < 1.29 is 23.9 Å². The Balaban J connectivity index is 1.79. The zero-order valence-corrected chi connectivity index (χ0v) is 10.1. The quantitative estimate of drug-likeness (QED) is 0.614. The summed E-state index contributed by atoms with van der Waals surface area (Å²) in [6.07, 6.45) is -0.0794. The summed E-state index contributed by atoms with van der Waals surface area (Å²) in [7, 11) is 0. The number of hydrogen-bond donors (Lipinski definition) is 0. The van der Waals surface area contributed by atoms with E-state index in [2.05, 4.69) is 4.74 Å². The van der Waals surface area contributed by atoms with Crippen molar-refractivity contribution in [1.82, 2.24) is 0 Å². The summed E-state index contributed by atoms with van der Waals surface area (Å²) in [5, 5.41) is -1.36. The summed E-state index contributed by atoms with van der Waals surface area (Å²) in [6.45, 7) is 0.141. The van der Waals surface area contributed by atoms with Crippen molar-refractivity contribution in [3.05, 3.63) is 35.9 Å². The molecule has 2 rings (SSSR count). The van der Waals surface area contributed by atoms with E-state index < -0.39 is 22.5 Å². The van der Waals surface area contributed by atoms with Crippen molar-refractivity contribution in [2.45, 2.75) is 18.3 Å². The van der Waals surface area contributed by atoms with Gasteiger partial charge in [-0.1, -0.05) is 30.3 Å². The van der Waals surface area contributed by atoms with Gasteiger partial charge in [-0.25, -0.2) is 4.79 Å². The van der Waals surface area contributed by atoms with Gasteiger partial charge >= 0.3 is 17.2 Å². The molecule has 0 N–H and O–H groups in total. The molecule has 0 saturated carbocycles. The highest BCUT2D eigenvalue weighted by Gasteiger charge is 2.36. The highest BCUT2D eigenvalue weighted by molar-refractivity contribution is 8.14. The van der Waals surface area contributed by atoms with E-state index in [4.69, 9.17) is 4.74 Å². The molecule has 0 aliphatic carbocycles. The van der Waals surface area contributed by atoms with E-state index in [0.29, 0.717) is 11.8 Å². The Bertz CT molecular complexity index is 471. The van der Waals surface area contributed by atoms with E-state index in [-0.39, 0.29) is 13.0 Å². The Morgan fingerprint density at radius 1 is 1.33 bits per heavy atom. The van der Waals surface area contributed by atoms with Gasteiger partial charge in [0.15, 0.2) is 0 Å². The van der Waals surface area contributed by atoms with Crippen LogP contribution in [-0.4, -0.2) is 22.5 Å². The normalized spacial score (nSPS) is 18.6. The van der Waals surface area contributed by atoms with Gasteiger partial charge in [0.25, 0.3) is 0 Å². The number of esters is 2. The summed E-state index contributed by atoms with van der Waals surface area (Å²) < 4.78 is 9.31. The Labute approximate surface area is 107 Å². The average Bonchev–Trinajstić information content (AvgIpc) is 2.67. The van der Waals surface area contributed by atoms with Crippen LogP contribution in [0.1, 0.15) is 12.0 Å². The van der Waals surface area contributed by atoms with Crippen LogP contribution in [0.5, 0.6) is 0 Å². The number of rotatable bonds is 3. The Morgan fingerprint density at radius 3 is 2.67 bits per heavy atom. The minimum Gasteiger partial charge on any atom is -0.453 e. The first-order chi connectivity index (χ1) is 8.65. The second kappa shape index (κ2) is 5.68. The zero-order chi connectivity index (χ0) is 13.0. The lowest BCUT2D eigenvalue weighted by Crippen LogP contribution is -2.13. The standard InChI is InChI=1S/C12H10O5S/c13-10-6-9(11(14)17-10)18-12(15)16-7-8-4-2-1-3-5-8/h1-5,9H,6-7H2. The molecule has 0 bridgehead atoms. The van der Waals surface area contributed by atoms with E-state index in [1.165, 1.54) is 0 Å². The van der Waals surface area contributed by atoms with Crippen molar-refractivity contribution in [3.8, 4) is 0 Å². The fraction of sp³-hybridized carbons (Fsp3) is 0.250. The topological polar surface area (TPSA) is 69.7 Å². The summed E-state index contributed by atoms with van der Waals surface area (Å²) >= 11 is 0.682. The van der Waals surface area contributed by atoms with Gasteiger partial charge in [0.1, 0.15) is 11.9 Å². The van der Waals surface area contributed by atoms with Crippen LogP contribution in [-0.2, 0) is 25.7 Å². The van der Waals surface area contributed by atoms with Crippen LogP contribution in [0.2, 0.25) is 0 Å². The molecular formula is C12H10O5S. The smallest absolute Gasteiger partial charge is 0.368 e. The lowest BCUT2D eigenvalue weighted by Gasteiger charge is -2.05. The number of benzene rings is 1. The third-order valence-corrected chi connectivity index (χ3v) is 3.22. The van der Waals surface area contributed by atoms with Crippen LogP contribution in [0, 0.1) is 0 Å².